The third-order valence-corrected chi connectivity index (χ3v) is 4.06. The van der Waals surface area contributed by atoms with E-state index in [-0.39, 0.29) is 35.9 Å². The molecule has 0 radical (unpaired) electrons. The van der Waals surface area contributed by atoms with E-state index in [1.54, 1.807) is 31.2 Å². The van der Waals surface area contributed by atoms with Crippen molar-refractivity contribution in [1.29, 1.82) is 0 Å². The van der Waals surface area contributed by atoms with Gasteiger partial charge in [0.15, 0.2) is 0 Å². The second kappa shape index (κ2) is 7.92. The molecule has 0 aliphatic heterocycles. The highest BCUT2D eigenvalue weighted by atomic mass is 16.6. The van der Waals surface area contributed by atoms with E-state index in [9.17, 15) is 19.7 Å². The molecule has 0 spiro atoms. The van der Waals surface area contributed by atoms with Crippen LogP contribution in [0.15, 0.2) is 24.8 Å². The van der Waals surface area contributed by atoms with Gasteiger partial charge < -0.3 is 10.6 Å². The van der Waals surface area contributed by atoms with E-state index in [4.69, 9.17) is 0 Å². The Hall–Kier alpha value is -4.03. The number of nitrogens with one attached hydrogen (secondary N) is 2. The monoisotopic (exact) mass is 401 g/mol. The van der Waals surface area contributed by atoms with Gasteiger partial charge in [-0.15, -0.1) is 0 Å². The Labute approximate surface area is 164 Å². The number of aromatic nitrogens is 6. The molecule has 0 fully saturated rings. The van der Waals surface area contributed by atoms with Crippen molar-refractivity contribution in [1.82, 2.24) is 34.7 Å². The third-order valence-electron chi connectivity index (χ3n) is 4.06. The normalized spacial score (nSPS) is 10.7. The maximum atomic E-state index is 12.5. The first kappa shape index (κ1) is 19.7. The zero-order valence-electron chi connectivity index (χ0n) is 16.0. The molecule has 0 saturated heterocycles. The van der Waals surface area contributed by atoms with Crippen LogP contribution >= 0.6 is 0 Å². The summed E-state index contributed by atoms with van der Waals surface area (Å²) in [6, 6.07) is 0. The molecule has 2 amide bonds. The summed E-state index contributed by atoms with van der Waals surface area (Å²) >= 11 is 0. The predicted molar refractivity (Wildman–Crippen MR) is 99.8 cm³/mol. The first-order valence-electron chi connectivity index (χ1n) is 8.50. The van der Waals surface area contributed by atoms with Gasteiger partial charge in [-0.25, -0.2) is 0 Å². The standard InChI is InChI=1S/C16H19N9O4/c1-10-13(25(28)29)8-24(21-10)9-14(26)20-12-6-19-23(3)15(12)16(27)17-4-11-5-18-22(2)7-11/h5-8H,4,9H2,1-3H3,(H,17,27)(H,20,26). The Kier molecular flexibility index (Phi) is 5.38. The topological polar surface area (TPSA) is 155 Å². The summed E-state index contributed by atoms with van der Waals surface area (Å²) in [7, 11) is 3.35. The molecule has 29 heavy (non-hydrogen) atoms. The molecule has 13 nitrogen and oxygen atoms in total. The highest BCUT2D eigenvalue weighted by Crippen LogP contribution is 2.17. The first-order valence-corrected chi connectivity index (χ1v) is 8.50. The second-order valence-electron chi connectivity index (χ2n) is 6.34. The lowest BCUT2D eigenvalue weighted by Gasteiger charge is -2.08. The van der Waals surface area contributed by atoms with Gasteiger partial charge in [-0.05, 0) is 6.92 Å². The number of anilines is 1. The highest BCUT2D eigenvalue weighted by molar-refractivity contribution is 6.02. The number of carbonyl (C=O) groups excluding carboxylic acids is 2. The van der Waals surface area contributed by atoms with Crippen molar-refractivity contribution < 1.29 is 14.5 Å². The molecule has 3 aromatic rings. The molecular formula is C16H19N9O4. The Morgan fingerprint density at radius 3 is 2.59 bits per heavy atom. The molecule has 0 unspecified atom stereocenters. The number of carbonyl (C=O) groups is 2. The van der Waals surface area contributed by atoms with Gasteiger partial charge in [0.05, 0.1) is 23.0 Å². The summed E-state index contributed by atoms with van der Waals surface area (Å²) < 4.78 is 4.14. The van der Waals surface area contributed by atoms with Crippen LogP contribution in [0.3, 0.4) is 0 Å². The minimum atomic E-state index is -0.567. The summed E-state index contributed by atoms with van der Waals surface area (Å²) in [5, 5.41) is 28.2. The van der Waals surface area contributed by atoms with Gasteiger partial charge in [-0.2, -0.15) is 15.3 Å². The number of amides is 2. The van der Waals surface area contributed by atoms with Gasteiger partial charge in [0.1, 0.15) is 24.1 Å². The zero-order chi connectivity index (χ0) is 21.1. The molecule has 0 aromatic carbocycles. The van der Waals surface area contributed by atoms with Gasteiger partial charge in [0, 0.05) is 32.4 Å². The lowest BCUT2D eigenvalue weighted by Crippen LogP contribution is -2.27. The number of nitrogens with zero attached hydrogens (tertiary/aromatic N) is 7. The Morgan fingerprint density at radius 2 is 1.97 bits per heavy atom. The van der Waals surface area contributed by atoms with E-state index in [0.29, 0.717) is 0 Å². The summed E-state index contributed by atoms with van der Waals surface area (Å²) in [6.45, 7) is 1.50. The van der Waals surface area contributed by atoms with Crippen molar-refractivity contribution in [2.24, 2.45) is 14.1 Å². The molecule has 3 rings (SSSR count). The first-order chi connectivity index (χ1) is 13.7. The average Bonchev–Trinajstić information content (AvgIpc) is 3.32. The molecule has 2 N–H and O–H groups in total. The van der Waals surface area contributed by atoms with Crippen LogP contribution in [-0.2, 0) is 32.0 Å². The van der Waals surface area contributed by atoms with Crippen molar-refractivity contribution in [3.63, 3.8) is 0 Å². The van der Waals surface area contributed by atoms with Crippen molar-refractivity contribution >= 4 is 23.2 Å². The number of hydrogen-bond donors (Lipinski definition) is 2. The second-order valence-corrected chi connectivity index (χ2v) is 6.34. The summed E-state index contributed by atoms with van der Waals surface area (Å²) in [6.07, 6.45) is 5.95. The Bertz CT molecular complexity index is 1080. The maximum Gasteiger partial charge on any atom is 0.309 e. The molecule has 0 saturated carbocycles. The Balaban J connectivity index is 1.66. The van der Waals surface area contributed by atoms with Gasteiger partial charge >= 0.3 is 5.69 Å². The molecule has 0 atom stereocenters. The number of aryl methyl sites for hydroxylation is 3. The van der Waals surface area contributed by atoms with Crippen LogP contribution in [0.5, 0.6) is 0 Å². The smallest absolute Gasteiger partial charge is 0.309 e. The van der Waals surface area contributed by atoms with Crippen LogP contribution in [0, 0.1) is 17.0 Å². The van der Waals surface area contributed by atoms with E-state index < -0.39 is 16.7 Å². The van der Waals surface area contributed by atoms with Crippen LogP contribution < -0.4 is 10.6 Å². The van der Waals surface area contributed by atoms with E-state index in [1.165, 1.54) is 28.7 Å². The van der Waals surface area contributed by atoms with E-state index >= 15 is 0 Å². The largest absolute Gasteiger partial charge is 0.346 e. The van der Waals surface area contributed by atoms with Gasteiger partial charge in [0.2, 0.25) is 5.91 Å². The molecule has 3 heterocycles. The molecule has 0 aliphatic rings. The van der Waals surface area contributed by atoms with E-state index in [0.717, 1.165) is 5.56 Å². The van der Waals surface area contributed by atoms with Gasteiger partial charge in [-0.1, -0.05) is 0 Å². The van der Waals surface area contributed by atoms with Crippen LogP contribution in [0.2, 0.25) is 0 Å². The zero-order valence-corrected chi connectivity index (χ0v) is 16.0. The van der Waals surface area contributed by atoms with E-state index in [1.807, 2.05) is 0 Å². The van der Waals surface area contributed by atoms with Gasteiger partial charge in [0.25, 0.3) is 5.91 Å². The van der Waals surface area contributed by atoms with Crippen molar-refractivity contribution in [2.75, 3.05) is 5.32 Å². The molecule has 13 heteroatoms. The van der Waals surface area contributed by atoms with Crippen molar-refractivity contribution in [3.05, 3.63) is 51.9 Å². The lowest BCUT2D eigenvalue weighted by molar-refractivity contribution is -0.385. The lowest BCUT2D eigenvalue weighted by atomic mass is 10.3. The minimum Gasteiger partial charge on any atom is -0.346 e. The third kappa shape index (κ3) is 4.45. The highest BCUT2D eigenvalue weighted by Gasteiger charge is 2.20. The molecular weight excluding hydrogens is 382 g/mol. The fourth-order valence-electron chi connectivity index (χ4n) is 2.73. The average molecular weight is 401 g/mol. The van der Waals surface area contributed by atoms with E-state index in [2.05, 4.69) is 25.9 Å². The van der Waals surface area contributed by atoms with Crippen LogP contribution in [0.1, 0.15) is 21.7 Å². The molecule has 0 bridgehead atoms. The quantitative estimate of drug-likeness (QED) is 0.421. The SMILES string of the molecule is Cc1nn(CC(=O)Nc2cnn(C)c2C(=O)NCc2cnn(C)c2)cc1[N+](=O)[O-]. The van der Waals surface area contributed by atoms with Crippen LogP contribution in [-0.4, -0.2) is 46.1 Å². The number of nitro groups is 1. The maximum absolute atomic E-state index is 12.5. The van der Waals surface area contributed by atoms with Crippen LogP contribution in [0.25, 0.3) is 0 Å². The van der Waals surface area contributed by atoms with Gasteiger partial charge in [-0.3, -0.25) is 33.7 Å². The summed E-state index contributed by atoms with van der Waals surface area (Å²) in [5.74, 6) is -0.925. The summed E-state index contributed by atoms with van der Waals surface area (Å²) in [5.41, 5.74) is 1.25. The molecule has 0 aliphatic carbocycles. The molecule has 152 valence electrons. The number of hydrogen-bond acceptors (Lipinski definition) is 7. The number of rotatable bonds is 7. The fourth-order valence-corrected chi connectivity index (χ4v) is 2.73. The Morgan fingerprint density at radius 1 is 1.21 bits per heavy atom. The predicted octanol–water partition coefficient (Wildman–Crippen LogP) is 0.135. The van der Waals surface area contributed by atoms with Crippen molar-refractivity contribution in [3.8, 4) is 0 Å². The summed E-state index contributed by atoms with van der Waals surface area (Å²) in [4.78, 5) is 35.2. The fraction of sp³-hybridized carbons (Fsp3) is 0.312. The van der Waals surface area contributed by atoms with Crippen LogP contribution in [0.4, 0.5) is 11.4 Å². The molecule has 3 aromatic heterocycles. The van der Waals surface area contributed by atoms with Crippen molar-refractivity contribution in [2.45, 2.75) is 20.0 Å². The minimum absolute atomic E-state index is 0.171.